The maximum atomic E-state index is 13.4. The fourth-order valence-electron chi connectivity index (χ4n) is 1.75. The molecule has 0 heterocycles. The molecule has 0 bridgehead atoms. The van der Waals surface area contributed by atoms with E-state index in [0.29, 0.717) is 24.3 Å². The van der Waals surface area contributed by atoms with E-state index in [1.807, 2.05) is 13.8 Å². The fraction of sp³-hybridized carbons (Fsp3) is 0.400. The lowest BCUT2D eigenvalue weighted by molar-refractivity contribution is -0.135. The van der Waals surface area contributed by atoms with Gasteiger partial charge < -0.3 is 9.84 Å². The zero-order valence-corrected chi connectivity index (χ0v) is 11.3. The molecule has 0 radical (unpaired) electrons. The largest absolute Gasteiger partial charge is 0.493 e. The Labute approximate surface area is 112 Å². The standard InChI is InChI=1S/C15H19FO3/c1-3-9-19-14-7-6-12(16)10-13(14)11(4-2)5-8-15(17)18/h5-7,10H,3-4,8-9H2,1-2H3,(H,17,18)/b11-5+. The van der Waals surface area contributed by atoms with E-state index in [1.165, 1.54) is 12.1 Å². The molecular formula is C15H19FO3. The van der Waals surface area contributed by atoms with Gasteiger partial charge in [0.15, 0.2) is 0 Å². The summed E-state index contributed by atoms with van der Waals surface area (Å²) in [7, 11) is 0. The zero-order chi connectivity index (χ0) is 14.3. The smallest absolute Gasteiger partial charge is 0.307 e. The van der Waals surface area contributed by atoms with Crippen LogP contribution in [-0.2, 0) is 4.79 Å². The average Bonchev–Trinajstić information content (AvgIpc) is 2.38. The van der Waals surface area contributed by atoms with Gasteiger partial charge in [-0.1, -0.05) is 19.9 Å². The maximum Gasteiger partial charge on any atom is 0.307 e. The van der Waals surface area contributed by atoms with E-state index < -0.39 is 5.97 Å². The molecule has 0 aliphatic rings. The van der Waals surface area contributed by atoms with Gasteiger partial charge in [-0.05, 0) is 36.6 Å². The SMILES string of the molecule is CCCOc1ccc(F)cc1/C(=C/CC(=O)O)CC. The molecule has 0 aliphatic heterocycles. The van der Waals surface area contributed by atoms with Gasteiger partial charge in [0.25, 0.3) is 0 Å². The monoisotopic (exact) mass is 266 g/mol. The van der Waals surface area contributed by atoms with Crippen LogP contribution in [0, 0.1) is 5.82 Å². The van der Waals surface area contributed by atoms with E-state index in [0.717, 1.165) is 12.0 Å². The molecule has 0 fully saturated rings. The van der Waals surface area contributed by atoms with Gasteiger partial charge in [0.05, 0.1) is 13.0 Å². The summed E-state index contributed by atoms with van der Waals surface area (Å²) in [6, 6.07) is 4.33. The molecule has 104 valence electrons. The Balaban J connectivity index is 3.09. The third-order valence-electron chi connectivity index (χ3n) is 2.65. The molecule has 3 nitrogen and oxygen atoms in total. The molecule has 0 unspecified atom stereocenters. The summed E-state index contributed by atoms with van der Waals surface area (Å²) in [5.74, 6) is -0.659. The zero-order valence-electron chi connectivity index (χ0n) is 11.3. The number of hydrogen-bond donors (Lipinski definition) is 1. The second-order valence-corrected chi connectivity index (χ2v) is 4.17. The van der Waals surface area contributed by atoms with E-state index in [4.69, 9.17) is 9.84 Å². The van der Waals surface area contributed by atoms with Crippen LogP contribution in [0.15, 0.2) is 24.3 Å². The molecule has 1 rings (SSSR count). The van der Waals surface area contributed by atoms with Crippen LogP contribution in [0.2, 0.25) is 0 Å². The van der Waals surface area contributed by atoms with Gasteiger partial charge >= 0.3 is 5.97 Å². The van der Waals surface area contributed by atoms with E-state index in [-0.39, 0.29) is 12.2 Å². The van der Waals surface area contributed by atoms with E-state index >= 15 is 0 Å². The van der Waals surface area contributed by atoms with Crippen molar-refractivity contribution < 1.29 is 19.0 Å². The van der Waals surface area contributed by atoms with Crippen LogP contribution in [0.1, 0.15) is 38.7 Å². The van der Waals surface area contributed by atoms with Crippen molar-refractivity contribution in [1.29, 1.82) is 0 Å². The van der Waals surface area contributed by atoms with Crippen molar-refractivity contribution in [2.24, 2.45) is 0 Å². The minimum absolute atomic E-state index is 0.0765. The van der Waals surface area contributed by atoms with Crippen molar-refractivity contribution >= 4 is 11.5 Å². The Bertz CT molecular complexity index is 466. The first-order valence-corrected chi connectivity index (χ1v) is 6.42. The summed E-state index contributed by atoms with van der Waals surface area (Å²) >= 11 is 0. The highest BCUT2D eigenvalue weighted by Gasteiger charge is 2.10. The van der Waals surface area contributed by atoms with Crippen molar-refractivity contribution in [3.05, 3.63) is 35.7 Å². The van der Waals surface area contributed by atoms with Gasteiger partial charge in [-0.2, -0.15) is 0 Å². The normalized spacial score (nSPS) is 11.4. The average molecular weight is 266 g/mol. The van der Waals surface area contributed by atoms with Gasteiger partial charge in [0.2, 0.25) is 0 Å². The molecule has 0 saturated heterocycles. The number of ether oxygens (including phenoxy) is 1. The number of aliphatic carboxylic acids is 1. The van der Waals surface area contributed by atoms with Crippen LogP contribution in [0.3, 0.4) is 0 Å². The Hall–Kier alpha value is -1.84. The first kappa shape index (κ1) is 15.2. The second-order valence-electron chi connectivity index (χ2n) is 4.17. The molecule has 1 aromatic carbocycles. The quantitative estimate of drug-likeness (QED) is 0.814. The summed E-state index contributed by atoms with van der Waals surface area (Å²) in [5, 5.41) is 8.72. The van der Waals surface area contributed by atoms with Crippen LogP contribution < -0.4 is 4.74 Å². The summed E-state index contributed by atoms with van der Waals surface area (Å²) in [6.45, 7) is 4.45. The number of carboxylic acid groups (broad SMARTS) is 1. The summed E-state index contributed by atoms with van der Waals surface area (Å²) in [6.07, 6.45) is 3.01. The molecule has 0 aliphatic carbocycles. The van der Waals surface area contributed by atoms with Crippen LogP contribution in [0.5, 0.6) is 5.75 Å². The predicted molar refractivity (Wildman–Crippen MR) is 72.7 cm³/mol. The molecule has 0 aromatic heterocycles. The fourth-order valence-corrected chi connectivity index (χ4v) is 1.75. The van der Waals surface area contributed by atoms with E-state index in [1.54, 1.807) is 12.1 Å². The number of carbonyl (C=O) groups is 1. The third-order valence-corrected chi connectivity index (χ3v) is 2.65. The first-order chi connectivity index (χ1) is 9.08. The van der Waals surface area contributed by atoms with Crippen molar-refractivity contribution in [2.75, 3.05) is 6.61 Å². The molecule has 4 heteroatoms. The number of halogens is 1. The number of benzene rings is 1. The van der Waals surface area contributed by atoms with E-state index in [9.17, 15) is 9.18 Å². The second kappa shape index (κ2) is 7.56. The Morgan fingerprint density at radius 3 is 2.74 bits per heavy atom. The minimum atomic E-state index is -0.904. The molecule has 0 spiro atoms. The lowest BCUT2D eigenvalue weighted by Crippen LogP contribution is -2.00. The molecule has 1 N–H and O–H groups in total. The Morgan fingerprint density at radius 2 is 2.16 bits per heavy atom. The lowest BCUT2D eigenvalue weighted by atomic mass is 10.0. The van der Waals surface area contributed by atoms with Crippen LogP contribution >= 0.6 is 0 Å². The lowest BCUT2D eigenvalue weighted by Gasteiger charge is -2.13. The van der Waals surface area contributed by atoms with Crippen LogP contribution in [0.25, 0.3) is 5.57 Å². The highest BCUT2D eigenvalue weighted by molar-refractivity contribution is 5.76. The van der Waals surface area contributed by atoms with Crippen molar-refractivity contribution in [1.82, 2.24) is 0 Å². The van der Waals surface area contributed by atoms with Gasteiger partial charge in [0.1, 0.15) is 11.6 Å². The van der Waals surface area contributed by atoms with Gasteiger partial charge in [-0.3, -0.25) is 4.79 Å². The Kier molecular flexibility index (Phi) is 6.06. The molecule has 0 amide bonds. The molecule has 0 saturated carbocycles. The summed E-state index contributed by atoms with van der Waals surface area (Å²) in [4.78, 5) is 10.6. The van der Waals surface area contributed by atoms with Gasteiger partial charge in [-0.15, -0.1) is 0 Å². The summed E-state index contributed by atoms with van der Waals surface area (Å²) < 4.78 is 18.9. The number of hydrogen-bond acceptors (Lipinski definition) is 2. The molecule has 19 heavy (non-hydrogen) atoms. The number of allylic oxidation sites excluding steroid dienone is 1. The van der Waals surface area contributed by atoms with Gasteiger partial charge in [0, 0.05) is 5.56 Å². The first-order valence-electron chi connectivity index (χ1n) is 6.42. The van der Waals surface area contributed by atoms with E-state index in [2.05, 4.69) is 0 Å². The van der Waals surface area contributed by atoms with Crippen molar-refractivity contribution in [2.45, 2.75) is 33.1 Å². The van der Waals surface area contributed by atoms with Crippen molar-refractivity contribution in [3.8, 4) is 5.75 Å². The number of rotatable bonds is 7. The topological polar surface area (TPSA) is 46.5 Å². The van der Waals surface area contributed by atoms with Gasteiger partial charge in [-0.25, -0.2) is 4.39 Å². The molecular weight excluding hydrogens is 247 g/mol. The number of carboxylic acids is 1. The minimum Gasteiger partial charge on any atom is -0.493 e. The molecule has 0 atom stereocenters. The van der Waals surface area contributed by atoms with Crippen LogP contribution in [0.4, 0.5) is 4.39 Å². The predicted octanol–water partition coefficient (Wildman–Crippen LogP) is 3.88. The molecule has 1 aromatic rings. The highest BCUT2D eigenvalue weighted by atomic mass is 19.1. The Morgan fingerprint density at radius 1 is 1.42 bits per heavy atom. The maximum absolute atomic E-state index is 13.4. The third kappa shape index (κ3) is 4.73. The summed E-state index contributed by atoms with van der Waals surface area (Å²) in [5.41, 5.74) is 1.42. The van der Waals surface area contributed by atoms with Crippen molar-refractivity contribution in [3.63, 3.8) is 0 Å². The van der Waals surface area contributed by atoms with Crippen LogP contribution in [-0.4, -0.2) is 17.7 Å². The highest BCUT2D eigenvalue weighted by Crippen LogP contribution is 2.29.